The van der Waals surface area contributed by atoms with Crippen LogP contribution in [0.1, 0.15) is 36.4 Å². The molecular formula is C24H24N4O2. The van der Waals surface area contributed by atoms with Gasteiger partial charge in [-0.05, 0) is 35.7 Å². The largest absolute Gasteiger partial charge is 0.396 e. The molecule has 0 spiro atoms. The second kappa shape index (κ2) is 9.77. The van der Waals surface area contributed by atoms with Gasteiger partial charge < -0.3 is 10.4 Å². The van der Waals surface area contributed by atoms with Crippen LogP contribution in [0.2, 0.25) is 0 Å². The standard InChI is InChI=1S/C24H24N4O2/c1-16(2)24(30)28-21-7-6-19(14-20(21)15-25)22-8-10-26-23(27-22)13-18-5-3-4-17(12-18)9-11-29/h3-8,10,12,14,16,29H,9,11,13H2,1-2H3,(H,28,30). The van der Waals surface area contributed by atoms with Crippen LogP contribution >= 0.6 is 0 Å². The molecule has 0 atom stereocenters. The normalized spacial score (nSPS) is 10.6. The van der Waals surface area contributed by atoms with E-state index in [0.29, 0.717) is 35.6 Å². The Morgan fingerprint density at radius 3 is 2.70 bits per heavy atom. The minimum absolute atomic E-state index is 0.115. The van der Waals surface area contributed by atoms with E-state index < -0.39 is 0 Å². The van der Waals surface area contributed by atoms with E-state index in [9.17, 15) is 10.1 Å². The molecule has 0 saturated carbocycles. The molecule has 0 fully saturated rings. The molecular weight excluding hydrogens is 376 g/mol. The summed E-state index contributed by atoms with van der Waals surface area (Å²) in [7, 11) is 0. The smallest absolute Gasteiger partial charge is 0.226 e. The van der Waals surface area contributed by atoms with Crippen LogP contribution < -0.4 is 5.32 Å². The molecule has 6 heteroatoms. The van der Waals surface area contributed by atoms with Gasteiger partial charge in [-0.15, -0.1) is 0 Å². The maximum Gasteiger partial charge on any atom is 0.226 e. The molecule has 0 aliphatic rings. The molecule has 0 bridgehead atoms. The molecule has 30 heavy (non-hydrogen) atoms. The lowest BCUT2D eigenvalue weighted by molar-refractivity contribution is -0.118. The monoisotopic (exact) mass is 400 g/mol. The number of amides is 1. The fourth-order valence-corrected chi connectivity index (χ4v) is 3.03. The molecule has 1 aromatic heterocycles. The summed E-state index contributed by atoms with van der Waals surface area (Å²) >= 11 is 0. The average molecular weight is 400 g/mol. The first kappa shape index (κ1) is 21.2. The Hall–Kier alpha value is -3.56. The van der Waals surface area contributed by atoms with Gasteiger partial charge in [0.15, 0.2) is 0 Å². The van der Waals surface area contributed by atoms with Crippen molar-refractivity contribution in [1.82, 2.24) is 9.97 Å². The molecule has 3 aromatic rings. The molecule has 0 unspecified atom stereocenters. The number of aromatic nitrogens is 2. The number of carbonyl (C=O) groups excluding carboxylic acids is 1. The van der Waals surface area contributed by atoms with Crippen molar-refractivity contribution in [3.05, 3.63) is 77.2 Å². The summed E-state index contributed by atoms with van der Waals surface area (Å²) in [4.78, 5) is 21.0. The molecule has 0 aliphatic heterocycles. The summed E-state index contributed by atoms with van der Waals surface area (Å²) in [5.41, 5.74) is 4.52. The van der Waals surface area contributed by atoms with Crippen LogP contribution in [0.25, 0.3) is 11.3 Å². The topological polar surface area (TPSA) is 98.9 Å². The fourth-order valence-electron chi connectivity index (χ4n) is 3.03. The predicted molar refractivity (Wildman–Crippen MR) is 116 cm³/mol. The van der Waals surface area contributed by atoms with Gasteiger partial charge in [0.05, 0.1) is 16.9 Å². The van der Waals surface area contributed by atoms with Crippen LogP contribution in [0.3, 0.4) is 0 Å². The van der Waals surface area contributed by atoms with Crippen LogP contribution in [-0.2, 0) is 17.6 Å². The molecule has 0 radical (unpaired) electrons. The molecule has 2 aromatic carbocycles. The van der Waals surface area contributed by atoms with Gasteiger partial charge >= 0.3 is 0 Å². The summed E-state index contributed by atoms with van der Waals surface area (Å²) < 4.78 is 0. The highest BCUT2D eigenvalue weighted by molar-refractivity contribution is 5.93. The number of nitrogens with zero attached hydrogens (tertiary/aromatic N) is 3. The number of aliphatic hydroxyl groups excluding tert-OH is 1. The van der Waals surface area contributed by atoms with Crippen molar-refractivity contribution >= 4 is 11.6 Å². The molecule has 2 N–H and O–H groups in total. The Morgan fingerprint density at radius 2 is 1.97 bits per heavy atom. The van der Waals surface area contributed by atoms with E-state index in [1.807, 2.05) is 30.3 Å². The summed E-state index contributed by atoms with van der Waals surface area (Å²) in [6, 6.07) is 17.2. The third-order valence-electron chi connectivity index (χ3n) is 4.68. The Morgan fingerprint density at radius 1 is 1.17 bits per heavy atom. The molecule has 0 saturated heterocycles. The number of nitrogens with one attached hydrogen (secondary N) is 1. The lowest BCUT2D eigenvalue weighted by Crippen LogP contribution is -2.18. The first-order chi connectivity index (χ1) is 14.5. The van der Waals surface area contributed by atoms with E-state index in [2.05, 4.69) is 21.4 Å². The third kappa shape index (κ3) is 5.28. The predicted octanol–water partition coefficient (Wildman–Crippen LogP) is 3.74. The number of benzene rings is 2. The molecule has 152 valence electrons. The second-order valence-electron chi connectivity index (χ2n) is 7.34. The van der Waals surface area contributed by atoms with Crippen molar-refractivity contribution in [1.29, 1.82) is 5.26 Å². The van der Waals surface area contributed by atoms with Gasteiger partial charge in [0.25, 0.3) is 0 Å². The molecule has 6 nitrogen and oxygen atoms in total. The highest BCUT2D eigenvalue weighted by Gasteiger charge is 2.12. The van der Waals surface area contributed by atoms with Gasteiger partial charge in [0.2, 0.25) is 5.91 Å². The summed E-state index contributed by atoms with van der Waals surface area (Å²) in [6.45, 7) is 3.72. The number of nitriles is 1. The minimum Gasteiger partial charge on any atom is -0.396 e. The van der Waals surface area contributed by atoms with Crippen molar-refractivity contribution in [2.45, 2.75) is 26.7 Å². The number of hydrogen-bond acceptors (Lipinski definition) is 5. The van der Waals surface area contributed by atoms with E-state index >= 15 is 0 Å². The van der Waals surface area contributed by atoms with E-state index in [0.717, 1.165) is 16.7 Å². The Balaban J connectivity index is 1.84. The van der Waals surface area contributed by atoms with Crippen molar-refractivity contribution in [2.75, 3.05) is 11.9 Å². The Bertz CT molecular complexity index is 1090. The van der Waals surface area contributed by atoms with Crippen LogP contribution in [0.5, 0.6) is 0 Å². The summed E-state index contributed by atoms with van der Waals surface area (Å²) in [5.74, 6) is 0.368. The maximum absolute atomic E-state index is 12.0. The summed E-state index contributed by atoms with van der Waals surface area (Å²) in [5, 5.41) is 21.4. The van der Waals surface area contributed by atoms with Crippen LogP contribution in [0, 0.1) is 17.2 Å². The zero-order chi connectivity index (χ0) is 21.5. The van der Waals surface area contributed by atoms with E-state index in [4.69, 9.17) is 5.11 Å². The molecule has 3 rings (SSSR count). The molecule has 1 amide bonds. The van der Waals surface area contributed by atoms with Crippen molar-refractivity contribution < 1.29 is 9.90 Å². The van der Waals surface area contributed by atoms with Crippen molar-refractivity contribution in [3.63, 3.8) is 0 Å². The van der Waals surface area contributed by atoms with Crippen LogP contribution in [-0.4, -0.2) is 27.6 Å². The van der Waals surface area contributed by atoms with Gasteiger partial charge in [0.1, 0.15) is 11.9 Å². The second-order valence-corrected chi connectivity index (χ2v) is 7.34. The average Bonchev–Trinajstić information content (AvgIpc) is 2.74. The zero-order valence-electron chi connectivity index (χ0n) is 17.1. The third-order valence-corrected chi connectivity index (χ3v) is 4.68. The Labute approximate surface area is 176 Å². The van der Waals surface area contributed by atoms with Gasteiger partial charge in [0, 0.05) is 30.7 Å². The van der Waals surface area contributed by atoms with E-state index in [1.165, 1.54) is 0 Å². The van der Waals surface area contributed by atoms with Crippen molar-refractivity contribution in [2.24, 2.45) is 5.92 Å². The number of aliphatic hydroxyl groups is 1. The number of rotatable bonds is 7. The van der Waals surface area contributed by atoms with Gasteiger partial charge in [-0.3, -0.25) is 4.79 Å². The van der Waals surface area contributed by atoms with Crippen LogP contribution in [0.4, 0.5) is 5.69 Å². The van der Waals surface area contributed by atoms with Crippen LogP contribution in [0.15, 0.2) is 54.7 Å². The molecule has 1 heterocycles. The number of carbonyl (C=O) groups is 1. The van der Waals surface area contributed by atoms with Gasteiger partial charge in [-0.25, -0.2) is 9.97 Å². The highest BCUT2D eigenvalue weighted by Crippen LogP contribution is 2.24. The number of anilines is 1. The molecule has 0 aliphatic carbocycles. The highest BCUT2D eigenvalue weighted by atomic mass is 16.3. The Kier molecular flexibility index (Phi) is 6.89. The lowest BCUT2D eigenvalue weighted by atomic mass is 10.0. The van der Waals surface area contributed by atoms with Crippen molar-refractivity contribution in [3.8, 4) is 17.3 Å². The van der Waals surface area contributed by atoms with Gasteiger partial charge in [-0.2, -0.15) is 5.26 Å². The lowest BCUT2D eigenvalue weighted by Gasteiger charge is -2.11. The SMILES string of the molecule is CC(C)C(=O)Nc1ccc(-c2ccnc(Cc3cccc(CCO)c3)n2)cc1C#N. The zero-order valence-corrected chi connectivity index (χ0v) is 17.1. The minimum atomic E-state index is -0.170. The quantitative estimate of drug-likeness (QED) is 0.629. The first-order valence-electron chi connectivity index (χ1n) is 9.86. The maximum atomic E-state index is 12.0. The van der Waals surface area contributed by atoms with E-state index in [1.54, 1.807) is 38.2 Å². The number of hydrogen-bond donors (Lipinski definition) is 2. The fraction of sp³-hybridized carbons (Fsp3) is 0.250. The van der Waals surface area contributed by atoms with E-state index in [-0.39, 0.29) is 18.4 Å². The first-order valence-corrected chi connectivity index (χ1v) is 9.86. The summed E-state index contributed by atoms with van der Waals surface area (Å²) in [6.07, 6.45) is 2.89. The van der Waals surface area contributed by atoms with Gasteiger partial charge in [-0.1, -0.05) is 44.2 Å².